The number of carboxylic acids is 1. The standard InChI is InChI=1S/C12H12N4O2/c1-7-9(12(17)18)5-16(15-7)11-8-3-2-4-10(8)13-6-14-11/h5-6H,2-4H2,1H3,(H,17,18). The van der Waals surface area contributed by atoms with E-state index in [-0.39, 0.29) is 5.56 Å². The zero-order chi connectivity index (χ0) is 12.7. The summed E-state index contributed by atoms with van der Waals surface area (Å²) in [6.45, 7) is 1.68. The van der Waals surface area contributed by atoms with Crippen LogP contribution < -0.4 is 0 Å². The van der Waals surface area contributed by atoms with Crippen molar-refractivity contribution in [3.8, 4) is 5.82 Å². The lowest BCUT2D eigenvalue weighted by Crippen LogP contribution is -2.04. The van der Waals surface area contributed by atoms with Crippen LogP contribution in [-0.4, -0.2) is 30.8 Å². The first-order chi connectivity index (χ1) is 8.66. The lowest BCUT2D eigenvalue weighted by molar-refractivity contribution is 0.0696. The third-order valence-corrected chi connectivity index (χ3v) is 3.20. The minimum atomic E-state index is -0.968. The smallest absolute Gasteiger partial charge is 0.339 e. The summed E-state index contributed by atoms with van der Waals surface area (Å²) in [6.07, 6.45) is 5.96. The third-order valence-electron chi connectivity index (χ3n) is 3.20. The molecule has 92 valence electrons. The molecule has 1 aliphatic rings. The Morgan fingerprint density at radius 2 is 2.22 bits per heavy atom. The molecular weight excluding hydrogens is 232 g/mol. The van der Waals surface area contributed by atoms with Gasteiger partial charge >= 0.3 is 5.97 Å². The van der Waals surface area contributed by atoms with Gasteiger partial charge in [0.1, 0.15) is 11.9 Å². The molecule has 0 amide bonds. The van der Waals surface area contributed by atoms with Crippen LogP contribution in [0.3, 0.4) is 0 Å². The van der Waals surface area contributed by atoms with Crippen LogP contribution in [0.15, 0.2) is 12.5 Å². The normalized spacial score (nSPS) is 13.6. The van der Waals surface area contributed by atoms with Crippen molar-refractivity contribution in [2.24, 2.45) is 0 Å². The number of aromatic carboxylic acids is 1. The van der Waals surface area contributed by atoms with E-state index in [1.54, 1.807) is 11.6 Å². The van der Waals surface area contributed by atoms with Crippen LogP contribution in [0.1, 0.15) is 33.7 Å². The van der Waals surface area contributed by atoms with Crippen LogP contribution in [0, 0.1) is 6.92 Å². The number of hydrogen-bond acceptors (Lipinski definition) is 4. The zero-order valence-corrected chi connectivity index (χ0v) is 9.92. The van der Waals surface area contributed by atoms with E-state index in [1.165, 1.54) is 12.5 Å². The fraction of sp³-hybridized carbons (Fsp3) is 0.333. The van der Waals surface area contributed by atoms with Crippen LogP contribution in [0.2, 0.25) is 0 Å². The van der Waals surface area contributed by atoms with Crippen LogP contribution in [0.4, 0.5) is 0 Å². The summed E-state index contributed by atoms with van der Waals surface area (Å²) in [7, 11) is 0. The molecule has 1 N–H and O–H groups in total. The molecule has 0 saturated heterocycles. The van der Waals surface area contributed by atoms with E-state index in [1.807, 2.05) is 0 Å². The van der Waals surface area contributed by atoms with Gasteiger partial charge < -0.3 is 5.11 Å². The van der Waals surface area contributed by atoms with Gasteiger partial charge in [-0.2, -0.15) is 5.10 Å². The molecule has 3 rings (SSSR count). The molecule has 0 fully saturated rings. The highest BCUT2D eigenvalue weighted by Crippen LogP contribution is 2.24. The topological polar surface area (TPSA) is 80.9 Å². The number of nitrogens with zero attached hydrogens (tertiary/aromatic N) is 4. The van der Waals surface area contributed by atoms with Crippen molar-refractivity contribution in [3.05, 3.63) is 35.0 Å². The Bertz CT molecular complexity index is 633. The predicted octanol–water partition coefficient (Wildman–Crippen LogP) is 1.16. The molecule has 0 aromatic carbocycles. The van der Waals surface area contributed by atoms with E-state index < -0.39 is 5.97 Å². The van der Waals surface area contributed by atoms with Gasteiger partial charge in [-0.15, -0.1) is 0 Å². The first-order valence-corrected chi connectivity index (χ1v) is 5.79. The molecule has 0 aliphatic heterocycles. The molecule has 0 radical (unpaired) electrons. The summed E-state index contributed by atoms with van der Waals surface area (Å²) in [4.78, 5) is 19.5. The van der Waals surface area contributed by atoms with Crippen LogP contribution in [0.25, 0.3) is 5.82 Å². The second kappa shape index (κ2) is 3.90. The molecular formula is C12H12N4O2. The van der Waals surface area contributed by atoms with Crippen molar-refractivity contribution in [2.75, 3.05) is 0 Å². The number of carboxylic acid groups (broad SMARTS) is 1. The second-order valence-electron chi connectivity index (χ2n) is 4.35. The van der Waals surface area contributed by atoms with E-state index in [2.05, 4.69) is 15.1 Å². The maximum Gasteiger partial charge on any atom is 0.339 e. The number of fused-ring (bicyclic) bond motifs is 1. The molecule has 6 heteroatoms. The van der Waals surface area contributed by atoms with Gasteiger partial charge in [-0.25, -0.2) is 19.4 Å². The van der Waals surface area contributed by atoms with E-state index in [0.717, 1.165) is 30.5 Å². The number of aromatic nitrogens is 4. The minimum absolute atomic E-state index is 0.209. The quantitative estimate of drug-likeness (QED) is 0.857. The summed E-state index contributed by atoms with van der Waals surface area (Å²) < 4.78 is 1.55. The lowest BCUT2D eigenvalue weighted by Gasteiger charge is -2.05. The summed E-state index contributed by atoms with van der Waals surface area (Å²) in [5.74, 6) is -0.266. The number of carbonyl (C=O) groups is 1. The van der Waals surface area contributed by atoms with Crippen molar-refractivity contribution >= 4 is 5.97 Å². The average Bonchev–Trinajstić information content (AvgIpc) is 2.94. The Labute approximate surface area is 103 Å². The van der Waals surface area contributed by atoms with Crippen molar-refractivity contribution in [3.63, 3.8) is 0 Å². The monoisotopic (exact) mass is 244 g/mol. The fourth-order valence-electron chi connectivity index (χ4n) is 2.32. The predicted molar refractivity (Wildman–Crippen MR) is 62.9 cm³/mol. The van der Waals surface area contributed by atoms with Crippen molar-refractivity contribution in [1.82, 2.24) is 19.7 Å². The molecule has 1 aliphatic carbocycles. The van der Waals surface area contributed by atoms with E-state index in [9.17, 15) is 4.79 Å². The van der Waals surface area contributed by atoms with Gasteiger partial charge in [0, 0.05) is 17.5 Å². The van der Waals surface area contributed by atoms with E-state index in [4.69, 9.17) is 5.11 Å². The van der Waals surface area contributed by atoms with Gasteiger partial charge in [-0.1, -0.05) is 0 Å². The molecule has 6 nitrogen and oxygen atoms in total. The number of rotatable bonds is 2. The van der Waals surface area contributed by atoms with Crippen LogP contribution in [-0.2, 0) is 12.8 Å². The largest absolute Gasteiger partial charge is 0.478 e. The summed E-state index contributed by atoms with van der Waals surface area (Å²) >= 11 is 0. The van der Waals surface area contributed by atoms with E-state index >= 15 is 0 Å². The molecule has 0 spiro atoms. The highest BCUT2D eigenvalue weighted by atomic mass is 16.4. The molecule has 0 unspecified atom stereocenters. The zero-order valence-electron chi connectivity index (χ0n) is 9.92. The lowest BCUT2D eigenvalue weighted by atomic mass is 10.2. The van der Waals surface area contributed by atoms with Gasteiger partial charge in [-0.05, 0) is 26.2 Å². The molecule has 2 heterocycles. The highest BCUT2D eigenvalue weighted by molar-refractivity contribution is 5.88. The van der Waals surface area contributed by atoms with Gasteiger partial charge in [0.2, 0.25) is 0 Å². The van der Waals surface area contributed by atoms with Gasteiger partial charge in [-0.3, -0.25) is 0 Å². The Morgan fingerprint density at radius 1 is 1.39 bits per heavy atom. The number of hydrogen-bond donors (Lipinski definition) is 1. The average molecular weight is 244 g/mol. The fourth-order valence-corrected chi connectivity index (χ4v) is 2.32. The Hall–Kier alpha value is -2.24. The molecule has 0 saturated carbocycles. The van der Waals surface area contributed by atoms with Crippen molar-refractivity contribution in [1.29, 1.82) is 0 Å². The molecule has 0 bridgehead atoms. The first-order valence-electron chi connectivity index (χ1n) is 5.79. The maximum atomic E-state index is 11.0. The Kier molecular flexibility index (Phi) is 2.36. The minimum Gasteiger partial charge on any atom is -0.478 e. The van der Waals surface area contributed by atoms with E-state index in [0.29, 0.717) is 11.5 Å². The molecule has 2 aromatic rings. The number of aryl methyl sites for hydroxylation is 2. The Morgan fingerprint density at radius 3 is 2.94 bits per heavy atom. The highest BCUT2D eigenvalue weighted by Gasteiger charge is 2.20. The van der Waals surface area contributed by atoms with Crippen LogP contribution >= 0.6 is 0 Å². The molecule has 0 atom stereocenters. The first kappa shape index (κ1) is 10.9. The Balaban J connectivity index is 2.13. The van der Waals surface area contributed by atoms with Crippen molar-refractivity contribution in [2.45, 2.75) is 26.2 Å². The maximum absolute atomic E-state index is 11.0. The summed E-state index contributed by atoms with van der Waals surface area (Å²) in [5.41, 5.74) is 2.83. The SMILES string of the molecule is Cc1nn(-c2ncnc3c2CCC3)cc1C(=O)O. The van der Waals surface area contributed by atoms with Gasteiger partial charge in [0.05, 0.1) is 5.69 Å². The van der Waals surface area contributed by atoms with Crippen molar-refractivity contribution < 1.29 is 9.90 Å². The summed E-state index contributed by atoms with van der Waals surface area (Å²) in [6, 6.07) is 0. The second-order valence-corrected chi connectivity index (χ2v) is 4.35. The molecule has 18 heavy (non-hydrogen) atoms. The van der Waals surface area contributed by atoms with Gasteiger partial charge in [0.15, 0.2) is 5.82 Å². The van der Waals surface area contributed by atoms with Crippen LogP contribution in [0.5, 0.6) is 0 Å². The third kappa shape index (κ3) is 1.57. The molecule has 2 aromatic heterocycles. The van der Waals surface area contributed by atoms with Gasteiger partial charge in [0.25, 0.3) is 0 Å². The summed E-state index contributed by atoms with van der Waals surface area (Å²) in [5, 5.41) is 13.3.